The fourth-order valence-corrected chi connectivity index (χ4v) is 2.22. The molecule has 21 heavy (non-hydrogen) atoms. The Morgan fingerprint density at radius 2 is 1.81 bits per heavy atom. The predicted molar refractivity (Wildman–Crippen MR) is 77.4 cm³/mol. The lowest BCUT2D eigenvalue weighted by atomic mass is 10.1. The van der Waals surface area contributed by atoms with Crippen LogP contribution in [0.2, 0.25) is 0 Å². The molecule has 0 aliphatic rings. The molecule has 2 nitrogen and oxygen atoms in total. The Bertz CT molecular complexity index is 644. The third-order valence-electron chi connectivity index (χ3n) is 2.71. The number of nitrogens with one attached hydrogen (secondary N) is 1. The predicted octanol–water partition coefficient (Wildman–Crippen LogP) is 4.70. The number of benzene rings is 2. The zero-order valence-corrected chi connectivity index (χ0v) is 11.9. The summed E-state index contributed by atoms with van der Waals surface area (Å²) < 4.78 is 38.0. The second-order valence-electron chi connectivity index (χ2n) is 4.34. The van der Waals surface area contributed by atoms with E-state index in [2.05, 4.69) is 5.32 Å². The van der Waals surface area contributed by atoms with Crippen LogP contribution in [0.4, 0.5) is 18.9 Å². The van der Waals surface area contributed by atoms with Crippen LogP contribution in [0.25, 0.3) is 0 Å². The first-order chi connectivity index (χ1) is 9.95. The quantitative estimate of drug-likeness (QED) is 0.829. The molecule has 0 aromatic heterocycles. The number of thioether (sulfide) groups is 1. The number of anilines is 1. The minimum Gasteiger partial charge on any atom is -0.322 e. The smallest absolute Gasteiger partial charge is 0.288 e. The van der Waals surface area contributed by atoms with Crippen LogP contribution in [-0.2, 0) is 0 Å². The Morgan fingerprint density at radius 3 is 2.38 bits per heavy atom. The Morgan fingerprint density at radius 1 is 1.14 bits per heavy atom. The van der Waals surface area contributed by atoms with E-state index in [4.69, 9.17) is 0 Å². The first kappa shape index (κ1) is 15.4. The van der Waals surface area contributed by atoms with Crippen molar-refractivity contribution < 1.29 is 18.0 Å². The summed E-state index contributed by atoms with van der Waals surface area (Å²) in [4.78, 5) is 12.3. The highest BCUT2D eigenvalue weighted by molar-refractivity contribution is 7.99. The van der Waals surface area contributed by atoms with Crippen molar-refractivity contribution in [3.05, 3.63) is 59.4 Å². The highest BCUT2D eigenvalue weighted by Crippen LogP contribution is 2.26. The fraction of sp³-hybridized carbons (Fsp3) is 0.133. The molecule has 0 radical (unpaired) electrons. The molecule has 2 rings (SSSR count). The van der Waals surface area contributed by atoms with Gasteiger partial charge in [-0.1, -0.05) is 17.8 Å². The normalized spacial score (nSPS) is 10.7. The molecule has 0 heterocycles. The van der Waals surface area contributed by atoms with Crippen LogP contribution < -0.4 is 5.32 Å². The maximum absolute atomic E-state index is 13.7. The van der Waals surface area contributed by atoms with Crippen molar-refractivity contribution in [3.8, 4) is 0 Å². The molecule has 0 spiro atoms. The molecule has 0 saturated carbocycles. The van der Waals surface area contributed by atoms with Crippen LogP contribution in [-0.4, -0.2) is 11.7 Å². The van der Waals surface area contributed by atoms with Crippen molar-refractivity contribution in [2.45, 2.75) is 17.6 Å². The van der Waals surface area contributed by atoms with Crippen molar-refractivity contribution in [3.63, 3.8) is 0 Å². The van der Waals surface area contributed by atoms with Crippen LogP contribution in [0.3, 0.4) is 0 Å². The summed E-state index contributed by atoms with van der Waals surface area (Å²) in [5, 5.41) is 2.52. The molecule has 0 atom stereocenters. The first-order valence-electron chi connectivity index (χ1n) is 6.08. The molecule has 2 aromatic carbocycles. The van der Waals surface area contributed by atoms with Crippen molar-refractivity contribution in [2.75, 3.05) is 5.32 Å². The van der Waals surface area contributed by atoms with E-state index < -0.39 is 17.5 Å². The van der Waals surface area contributed by atoms with Crippen molar-refractivity contribution >= 4 is 23.4 Å². The van der Waals surface area contributed by atoms with E-state index in [1.54, 1.807) is 13.0 Å². The minimum atomic E-state index is -2.49. The van der Waals surface area contributed by atoms with E-state index in [1.165, 1.54) is 36.4 Å². The molecular formula is C15H12F3NOS. The lowest BCUT2D eigenvalue weighted by molar-refractivity contribution is 0.102. The molecular weight excluding hydrogens is 299 g/mol. The number of rotatable bonds is 4. The van der Waals surface area contributed by atoms with Gasteiger partial charge in [-0.25, -0.2) is 4.39 Å². The molecule has 0 bridgehead atoms. The minimum absolute atomic E-state index is 0.0633. The summed E-state index contributed by atoms with van der Waals surface area (Å²) in [5.41, 5.74) is 1.07. The molecule has 2 aromatic rings. The van der Waals surface area contributed by atoms with Gasteiger partial charge in [0.1, 0.15) is 5.82 Å². The average molecular weight is 311 g/mol. The number of amides is 1. The number of alkyl halides is 2. The third-order valence-corrected chi connectivity index (χ3v) is 3.43. The largest absolute Gasteiger partial charge is 0.322 e. The van der Waals surface area contributed by atoms with Crippen LogP contribution in [0.5, 0.6) is 0 Å². The van der Waals surface area contributed by atoms with Gasteiger partial charge in [0.15, 0.2) is 0 Å². The first-order valence-corrected chi connectivity index (χ1v) is 6.96. The summed E-state index contributed by atoms with van der Waals surface area (Å²) in [6.45, 7) is 1.73. The molecule has 0 fully saturated rings. The van der Waals surface area contributed by atoms with E-state index in [0.717, 1.165) is 5.56 Å². The molecule has 1 N–H and O–H groups in total. The molecule has 1 amide bonds. The standard InChI is InChI=1S/C15H12F3NOS/c1-9-2-7-12(13(16)8-9)14(20)19-10-3-5-11(6-4-10)21-15(17)18/h2-8,15H,1H3,(H,19,20). The topological polar surface area (TPSA) is 29.1 Å². The van der Waals surface area contributed by atoms with Gasteiger partial charge < -0.3 is 5.32 Å². The van der Waals surface area contributed by atoms with E-state index in [0.29, 0.717) is 22.3 Å². The van der Waals surface area contributed by atoms with Crippen molar-refractivity contribution in [1.29, 1.82) is 0 Å². The van der Waals surface area contributed by atoms with Gasteiger partial charge >= 0.3 is 0 Å². The molecule has 6 heteroatoms. The van der Waals surface area contributed by atoms with E-state index >= 15 is 0 Å². The van der Waals surface area contributed by atoms with Crippen LogP contribution in [0.15, 0.2) is 47.4 Å². The van der Waals surface area contributed by atoms with Crippen LogP contribution in [0.1, 0.15) is 15.9 Å². The second kappa shape index (κ2) is 6.67. The summed E-state index contributed by atoms with van der Waals surface area (Å²) in [7, 11) is 0. The van der Waals surface area contributed by atoms with Crippen molar-refractivity contribution in [1.82, 2.24) is 0 Å². The lowest BCUT2D eigenvalue weighted by Crippen LogP contribution is -2.13. The number of hydrogen-bond acceptors (Lipinski definition) is 2. The zero-order chi connectivity index (χ0) is 15.4. The van der Waals surface area contributed by atoms with Gasteiger partial charge in [0.2, 0.25) is 0 Å². The van der Waals surface area contributed by atoms with Gasteiger partial charge in [-0.3, -0.25) is 4.79 Å². The Hall–Kier alpha value is -1.95. The number of carbonyl (C=O) groups is 1. The Kier molecular flexibility index (Phi) is 4.90. The van der Waals surface area contributed by atoms with Crippen LogP contribution >= 0.6 is 11.8 Å². The molecule has 0 aliphatic heterocycles. The molecule has 0 unspecified atom stereocenters. The van der Waals surface area contributed by atoms with Gasteiger partial charge in [0.05, 0.1) is 5.56 Å². The van der Waals surface area contributed by atoms with E-state index in [-0.39, 0.29) is 5.56 Å². The Balaban J connectivity index is 2.08. The monoisotopic (exact) mass is 311 g/mol. The third kappa shape index (κ3) is 4.26. The number of hydrogen-bond donors (Lipinski definition) is 1. The number of carbonyl (C=O) groups excluding carboxylic acids is 1. The van der Waals surface area contributed by atoms with Gasteiger partial charge in [-0.2, -0.15) is 8.78 Å². The van der Waals surface area contributed by atoms with Crippen molar-refractivity contribution in [2.24, 2.45) is 0 Å². The van der Waals surface area contributed by atoms with Gasteiger partial charge in [0, 0.05) is 10.6 Å². The SMILES string of the molecule is Cc1ccc(C(=O)Nc2ccc(SC(F)F)cc2)c(F)c1. The summed E-state index contributed by atoms with van der Waals surface area (Å²) >= 11 is 0.420. The summed E-state index contributed by atoms with van der Waals surface area (Å²) in [6, 6.07) is 10.2. The van der Waals surface area contributed by atoms with Gasteiger partial charge in [0.25, 0.3) is 11.7 Å². The molecule has 0 aliphatic carbocycles. The van der Waals surface area contributed by atoms with Gasteiger partial charge in [-0.15, -0.1) is 0 Å². The number of halogens is 3. The fourth-order valence-electron chi connectivity index (χ4n) is 1.72. The Labute approximate surface area is 124 Å². The zero-order valence-electron chi connectivity index (χ0n) is 11.1. The van der Waals surface area contributed by atoms with Crippen LogP contribution in [0, 0.1) is 12.7 Å². The van der Waals surface area contributed by atoms with E-state index in [1.807, 2.05) is 0 Å². The van der Waals surface area contributed by atoms with Gasteiger partial charge in [-0.05, 0) is 48.9 Å². The molecule has 0 saturated heterocycles. The second-order valence-corrected chi connectivity index (χ2v) is 5.40. The highest BCUT2D eigenvalue weighted by atomic mass is 32.2. The maximum Gasteiger partial charge on any atom is 0.288 e. The summed E-state index contributed by atoms with van der Waals surface area (Å²) in [6.07, 6.45) is 0. The lowest BCUT2D eigenvalue weighted by Gasteiger charge is -2.07. The highest BCUT2D eigenvalue weighted by Gasteiger charge is 2.12. The molecule has 110 valence electrons. The maximum atomic E-state index is 13.7. The van der Waals surface area contributed by atoms with E-state index in [9.17, 15) is 18.0 Å². The summed E-state index contributed by atoms with van der Waals surface area (Å²) in [5.74, 6) is -3.67. The number of aryl methyl sites for hydroxylation is 1. The average Bonchev–Trinajstić information content (AvgIpc) is 2.40.